The van der Waals surface area contributed by atoms with E-state index in [9.17, 15) is 0 Å². The van der Waals surface area contributed by atoms with Crippen molar-refractivity contribution in [3.8, 4) is 0 Å². The first-order valence-corrected chi connectivity index (χ1v) is 8.78. The molecule has 5 nitrogen and oxygen atoms in total. The Hall–Kier alpha value is -2.56. The number of nitrogens with zero attached hydrogens (tertiary/aromatic N) is 5. The lowest BCUT2D eigenvalue weighted by Crippen LogP contribution is -2.24. The van der Waals surface area contributed by atoms with Gasteiger partial charge >= 0.3 is 0 Å². The molecule has 130 valence electrons. The third-order valence-electron chi connectivity index (χ3n) is 4.46. The maximum Gasteiger partial charge on any atom is 0.163 e. The molecule has 25 heavy (non-hydrogen) atoms. The van der Waals surface area contributed by atoms with Crippen molar-refractivity contribution in [2.45, 2.75) is 39.8 Å². The lowest BCUT2D eigenvalue weighted by molar-refractivity contribution is 0.575. The van der Waals surface area contributed by atoms with E-state index < -0.39 is 0 Å². The van der Waals surface area contributed by atoms with Crippen LogP contribution in [-0.4, -0.2) is 31.8 Å². The molecule has 0 saturated heterocycles. The molecule has 1 aliphatic carbocycles. The Morgan fingerprint density at radius 1 is 1.04 bits per heavy atom. The quantitative estimate of drug-likeness (QED) is 0.827. The molecule has 0 fully saturated rings. The molecule has 3 heterocycles. The second-order valence-electron chi connectivity index (χ2n) is 6.89. The first kappa shape index (κ1) is 17.3. The topological polar surface area (TPSA) is 56.0 Å². The summed E-state index contributed by atoms with van der Waals surface area (Å²) in [6.07, 6.45) is 17.8. The zero-order valence-electron chi connectivity index (χ0n) is 15.2. The molecule has 0 radical (unpaired) electrons. The summed E-state index contributed by atoms with van der Waals surface area (Å²) >= 11 is 0. The zero-order chi connectivity index (χ0) is 17.8. The Balaban J connectivity index is 0.000000146. The minimum atomic E-state index is 0.370. The molecular weight excluding hydrogens is 310 g/mol. The summed E-state index contributed by atoms with van der Waals surface area (Å²) in [6.45, 7) is 8.66. The van der Waals surface area contributed by atoms with E-state index in [0.29, 0.717) is 23.9 Å². The molecule has 4 rings (SSSR count). The van der Waals surface area contributed by atoms with E-state index in [2.05, 4.69) is 71.9 Å². The normalized spacial score (nSPS) is 21.3. The van der Waals surface area contributed by atoms with Gasteiger partial charge in [-0.3, -0.25) is 4.99 Å². The second kappa shape index (κ2) is 7.55. The minimum Gasteiger partial charge on any atom is -0.313 e. The van der Waals surface area contributed by atoms with Gasteiger partial charge in [-0.1, -0.05) is 38.2 Å². The van der Waals surface area contributed by atoms with E-state index in [1.54, 1.807) is 18.9 Å². The summed E-state index contributed by atoms with van der Waals surface area (Å²) in [5.41, 5.74) is 3.21. The number of rotatable bonds is 2. The molecule has 2 aromatic rings. The van der Waals surface area contributed by atoms with Crippen molar-refractivity contribution in [3.05, 3.63) is 54.8 Å². The lowest BCUT2D eigenvalue weighted by Gasteiger charge is -2.28. The van der Waals surface area contributed by atoms with Crippen molar-refractivity contribution < 1.29 is 0 Å². The highest BCUT2D eigenvalue weighted by Gasteiger charge is 2.25. The molecule has 0 spiro atoms. The first-order valence-electron chi connectivity index (χ1n) is 8.78. The van der Waals surface area contributed by atoms with Crippen LogP contribution in [0.15, 0.2) is 59.8 Å². The molecule has 1 aliphatic heterocycles. The van der Waals surface area contributed by atoms with Crippen molar-refractivity contribution in [3.63, 3.8) is 0 Å². The minimum absolute atomic E-state index is 0.370. The van der Waals surface area contributed by atoms with Gasteiger partial charge in [0.2, 0.25) is 0 Å². The number of hydrogen-bond donors (Lipinski definition) is 0. The monoisotopic (exact) mass is 335 g/mol. The molecular formula is C20H25N5. The lowest BCUT2D eigenvalue weighted by atomic mass is 9.82. The van der Waals surface area contributed by atoms with Gasteiger partial charge < -0.3 is 4.57 Å². The summed E-state index contributed by atoms with van der Waals surface area (Å²) in [4.78, 5) is 16.8. The highest BCUT2D eigenvalue weighted by molar-refractivity contribution is 5.73. The Kier molecular flexibility index (Phi) is 5.22. The van der Waals surface area contributed by atoms with E-state index in [1.165, 1.54) is 5.57 Å². The van der Waals surface area contributed by atoms with E-state index in [1.807, 2.05) is 16.9 Å². The van der Waals surface area contributed by atoms with E-state index >= 15 is 0 Å². The molecule has 0 bridgehead atoms. The number of fused-ring (bicyclic) bond motifs is 2. The Bertz CT molecular complexity index is 839. The Labute approximate surface area is 148 Å². The molecule has 2 atom stereocenters. The van der Waals surface area contributed by atoms with E-state index in [0.717, 1.165) is 11.2 Å². The number of allylic oxidation sites excluding steroid dienone is 3. The second-order valence-corrected chi connectivity index (χ2v) is 6.89. The third-order valence-corrected chi connectivity index (χ3v) is 4.46. The van der Waals surface area contributed by atoms with Crippen molar-refractivity contribution in [2.24, 2.45) is 16.8 Å². The van der Waals surface area contributed by atoms with Crippen LogP contribution in [0.25, 0.3) is 11.2 Å². The number of imidazole rings is 1. The SMILES string of the molecule is CC(C)C1=CC=CC2C=CC=NC12.CC(C)n1cnc2cncnc21. The number of aromatic nitrogens is 4. The molecule has 2 aliphatic rings. The van der Waals surface area contributed by atoms with Gasteiger partial charge in [-0.25, -0.2) is 15.0 Å². The van der Waals surface area contributed by atoms with Crippen molar-refractivity contribution in [1.29, 1.82) is 0 Å². The molecule has 0 amide bonds. The first-order chi connectivity index (χ1) is 12.1. The Morgan fingerprint density at radius 2 is 1.84 bits per heavy atom. The predicted molar refractivity (Wildman–Crippen MR) is 103 cm³/mol. The van der Waals surface area contributed by atoms with Gasteiger partial charge in [0.25, 0.3) is 0 Å². The number of hydrogen-bond acceptors (Lipinski definition) is 4. The maximum atomic E-state index is 4.52. The third kappa shape index (κ3) is 3.76. The fourth-order valence-electron chi connectivity index (χ4n) is 3.09. The van der Waals surface area contributed by atoms with Gasteiger partial charge in [0.1, 0.15) is 11.8 Å². The summed E-state index contributed by atoms with van der Waals surface area (Å²) in [5, 5.41) is 0. The van der Waals surface area contributed by atoms with Crippen LogP contribution in [0.5, 0.6) is 0 Å². The molecule has 2 aromatic heterocycles. The van der Waals surface area contributed by atoms with Crippen LogP contribution in [-0.2, 0) is 0 Å². The molecule has 2 unspecified atom stereocenters. The highest BCUT2D eigenvalue weighted by atomic mass is 15.1. The predicted octanol–water partition coefficient (Wildman–Crippen LogP) is 4.17. The average molecular weight is 335 g/mol. The zero-order valence-corrected chi connectivity index (χ0v) is 15.2. The fraction of sp³-hybridized carbons (Fsp3) is 0.400. The van der Waals surface area contributed by atoms with Gasteiger partial charge in [-0.05, 0) is 31.4 Å². The maximum absolute atomic E-state index is 4.52. The van der Waals surface area contributed by atoms with Gasteiger partial charge in [0.05, 0.1) is 18.6 Å². The van der Waals surface area contributed by atoms with Gasteiger partial charge in [0, 0.05) is 18.2 Å². The molecule has 5 heteroatoms. The van der Waals surface area contributed by atoms with Crippen molar-refractivity contribution >= 4 is 17.4 Å². The summed E-state index contributed by atoms with van der Waals surface area (Å²) in [5.74, 6) is 1.09. The Morgan fingerprint density at radius 3 is 2.60 bits per heavy atom. The van der Waals surface area contributed by atoms with E-state index in [-0.39, 0.29) is 0 Å². The van der Waals surface area contributed by atoms with Crippen LogP contribution in [0.2, 0.25) is 0 Å². The number of dihydropyridines is 1. The van der Waals surface area contributed by atoms with Crippen LogP contribution in [0, 0.1) is 11.8 Å². The van der Waals surface area contributed by atoms with Crippen molar-refractivity contribution in [1.82, 2.24) is 19.5 Å². The van der Waals surface area contributed by atoms with Crippen LogP contribution in [0.3, 0.4) is 0 Å². The van der Waals surface area contributed by atoms with Gasteiger partial charge in [0.15, 0.2) is 5.65 Å². The summed E-state index contributed by atoms with van der Waals surface area (Å²) in [7, 11) is 0. The van der Waals surface area contributed by atoms with Gasteiger partial charge in [-0.2, -0.15) is 0 Å². The van der Waals surface area contributed by atoms with Crippen LogP contribution in [0.1, 0.15) is 33.7 Å². The van der Waals surface area contributed by atoms with Gasteiger partial charge in [-0.15, -0.1) is 0 Å². The fourth-order valence-corrected chi connectivity index (χ4v) is 3.09. The molecule has 0 saturated carbocycles. The molecule has 0 aromatic carbocycles. The molecule has 0 N–H and O–H groups in total. The smallest absolute Gasteiger partial charge is 0.163 e. The van der Waals surface area contributed by atoms with Crippen molar-refractivity contribution in [2.75, 3.05) is 0 Å². The number of aliphatic imine (C=N–C) groups is 1. The van der Waals surface area contributed by atoms with Crippen LogP contribution in [0.4, 0.5) is 0 Å². The average Bonchev–Trinajstić information content (AvgIpc) is 3.06. The highest BCUT2D eigenvalue weighted by Crippen LogP contribution is 2.29. The summed E-state index contributed by atoms with van der Waals surface area (Å²) < 4.78 is 2.02. The standard InChI is InChI=1S/C12H15N.C8H10N4/c1-9(2)11-7-3-5-10-6-4-8-13-12(10)11;1-6(2)12-5-11-7-3-9-4-10-8(7)12/h3-10,12H,1-2H3;3-6H,1-2H3. The summed E-state index contributed by atoms with van der Waals surface area (Å²) in [6, 6.07) is 0.764. The van der Waals surface area contributed by atoms with Crippen LogP contribution < -0.4 is 0 Å². The van der Waals surface area contributed by atoms with E-state index in [4.69, 9.17) is 0 Å². The van der Waals surface area contributed by atoms with Crippen LogP contribution >= 0.6 is 0 Å². The largest absolute Gasteiger partial charge is 0.313 e.